The van der Waals surface area contributed by atoms with Gasteiger partial charge in [0, 0.05) is 17.6 Å². The zero-order valence-corrected chi connectivity index (χ0v) is 13.9. The fourth-order valence-corrected chi connectivity index (χ4v) is 2.41. The highest BCUT2D eigenvalue weighted by Gasteiger charge is 2.56. The number of nitrogens with one attached hydrogen (secondary N) is 2. The van der Waals surface area contributed by atoms with Crippen LogP contribution in [0.4, 0.5) is 0 Å². The van der Waals surface area contributed by atoms with Crippen LogP contribution in [0.2, 0.25) is 5.02 Å². The SMILES string of the molecule is CCC(C)NC(=O)C1(C(=O)NCCc2ccc(Cl)cc2)CC1. The highest BCUT2D eigenvalue weighted by molar-refractivity contribution is 6.30. The molecule has 1 aromatic rings. The quantitative estimate of drug-likeness (QED) is 0.758. The Kier molecular flexibility index (Phi) is 5.46. The molecule has 0 bridgehead atoms. The van der Waals surface area contributed by atoms with E-state index in [9.17, 15) is 9.59 Å². The standard InChI is InChI=1S/C17H23ClN2O2/c1-3-12(2)20-16(22)17(9-10-17)15(21)19-11-8-13-4-6-14(18)7-5-13/h4-7,12H,3,8-11H2,1-2H3,(H,19,21)(H,20,22). The van der Waals surface area contributed by atoms with Gasteiger partial charge < -0.3 is 10.6 Å². The third-order valence-electron chi connectivity index (χ3n) is 4.22. The summed E-state index contributed by atoms with van der Waals surface area (Å²) in [6, 6.07) is 7.65. The first kappa shape index (κ1) is 16.8. The number of rotatable bonds is 7. The van der Waals surface area contributed by atoms with Crippen molar-refractivity contribution >= 4 is 23.4 Å². The van der Waals surface area contributed by atoms with E-state index in [1.807, 2.05) is 38.1 Å². The van der Waals surface area contributed by atoms with Gasteiger partial charge in [0.1, 0.15) is 5.41 Å². The molecule has 1 aliphatic carbocycles. The lowest BCUT2D eigenvalue weighted by molar-refractivity contribution is -0.137. The van der Waals surface area contributed by atoms with Crippen molar-refractivity contribution in [2.24, 2.45) is 5.41 Å². The van der Waals surface area contributed by atoms with Gasteiger partial charge in [-0.2, -0.15) is 0 Å². The number of carbonyl (C=O) groups excluding carboxylic acids is 2. The molecule has 2 amide bonds. The zero-order valence-electron chi connectivity index (χ0n) is 13.1. The van der Waals surface area contributed by atoms with Gasteiger partial charge in [-0.3, -0.25) is 9.59 Å². The molecule has 0 spiro atoms. The van der Waals surface area contributed by atoms with E-state index in [1.165, 1.54) is 0 Å². The average molecular weight is 323 g/mol. The van der Waals surface area contributed by atoms with Gasteiger partial charge in [-0.05, 0) is 50.3 Å². The smallest absolute Gasteiger partial charge is 0.235 e. The summed E-state index contributed by atoms with van der Waals surface area (Å²) in [5.74, 6) is -0.284. The van der Waals surface area contributed by atoms with Gasteiger partial charge >= 0.3 is 0 Å². The van der Waals surface area contributed by atoms with Crippen LogP contribution in [-0.2, 0) is 16.0 Å². The van der Waals surface area contributed by atoms with Gasteiger partial charge in [0.2, 0.25) is 11.8 Å². The van der Waals surface area contributed by atoms with E-state index in [0.29, 0.717) is 24.4 Å². The predicted octanol–water partition coefficient (Wildman–Crippen LogP) is 2.69. The largest absolute Gasteiger partial charge is 0.355 e. The molecule has 2 N–H and O–H groups in total. The summed E-state index contributed by atoms with van der Waals surface area (Å²) in [7, 11) is 0. The molecule has 1 aliphatic rings. The summed E-state index contributed by atoms with van der Waals surface area (Å²) in [4.78, 5) is 24.5. The molecule has 22 heavy (non-hydrogen) atoms. The van der Waals surface area contributed by atoms with Crippen molar-refractivity contribution in [3.8, 4) is 0 Å². The second kappa shape index (κ2) is 7.14. The Hall–Kier alpha value is -1.55. The van der Waals surface area contributed by atoms with Gasteiger partial charge in [-0.15, -0.1) is 0 Å². The molecule has 4 nitrogen and oxygen atoms in total. The maximum atomic E-state index is 12.3. The molecule has 120 valence electrons. The number of hydrogen-bond donors (Lipinski definition) is 2. The minimum Gasteiger partial charge on any atom is -0.355 e. The minimum absolute atomic E-state index is 0.104. The molecule has 1 fully saturated rings. The van der Waals surface area contributed by atoms with Crippen LogP contribution in [0.3, 0.4) is 0 Å². The Morgan fingerprint density at radius 1 is 1.23 bits per heavy atom. The number of carbonyl (C=O) groups is 2. The second-order valence-corrected chi connectivity index (χ2v) is 6.43. The Morgan fingerprint density at radius 3 is 2.41 bits per heavy atom. The summed E-state index contributed by atoms with van der Waals surface area (Å²) >= 11 is 5.84. The van der Waals surface area contributed by atoms with E-state index >= 15 is 0 Å². The topological polar surface area (TPSA) is 58.2 Å². The van der Waals surface area contributed by atoms with E-state index in [0.717, 1.165) is 18.4 Å². The molecular weight excluding hydrogens is 300 g/mol. The lowest BCUT2D eigenvalue weighted by atomic mass is 10.0. The van der Waals surface area contributed by atoms with Crippen molar-refractivity contribution in [3.05, 3.63) is 34.9 Å². The van der Waals surface area contributed by atoms with Crippen molar-refractivity contribution in [1.82, 2.24) is 10.6 Å². The fourth-order valence-electron chi connectivity index (χ4n) is 2.29. The fraction of sp³-hybridized carbons (Fsp3) is 0.529. The van der Waals surface area contributed by atoms with Crippen LogP contribution in [0, 0.1) is 5.41 Å². The van der Waals surface area contributed by atoms with Crippen molar-refractivity contribution in [3.63, 3.8) is 0 Å². The number of halogens is 1. The maximum absolute atomic E-state index is 12.3. The molecule has 1 unspecified atom stereocenters. The molecule has 1 atom stereocenters. The van der Waals surface area contributed by atoms with Crippen molar-refractivity contribution in [2.75, 3.05) is 6.54 Å². The van der Waals surface area contributed by atoms with Gasteiger partial charge in [0.15, 0.2) is 0 Å². The first-order valence-electron chi connectivity index (χ1n) is 7.81. The summed E-state index contributed by atoms with van der Waals surface area (Å²) < 4.78 is 0. The monoisotopic (exact) mass is 322 g/mol. The molecule has 0 saturated heterocycles. The van der Waals surface area contributed by atoms with Crippen molar-refractivity contribution < 1.29 is 9.59 Å². The van der Waals surface area contributed by atoms with Crippen molar-refractivity contribution in [1.29, 1.82) is 0 Å². The zero-order chi connectivity index (χ0) is 16.2. The van der Waals surface area contributed by atoms with E-state index in [-0.39, 0.29) is 17.9 Å². The molecule has 5 heteroatoms. The predicted molar refractivity (Wildman–Crippen MR) is 87.7 cm³/mol. The van der Waals surface area contributed by atoms with Crippen LogP contribution in [0.15, 0.2) is 24.3 Å². The van der Waals surface area contributed by atoms with E-state index in [1.54, 1.807) is 0 Å². The average Bonchev–Trinajstić information content (AvgIpc) is 3.30. The molecule has 1 saturated carbocycles. The Morgan fingerprint density at radius 2 is 1.86 bits per heavy atom. The van der Waals surface area contributed by atoms with E-state index in [2.05, 4.69) is 10.6 Å². The third kappa shape index (κ3) is 4.01. The van der Waals surface area contributed by atoms with Gasteiger partial charge in [-0.25, -0.2) is 0 Å². The summed E-state index contributed by atoms with van der Waals surface area (Å²) in [5.41, 5.74) is 0.280. The molecule has 2 rings (SSSR count). The Balaban J connectivity index is 1.81. The van der Waals surface area contributed by atoms with Crippen LogP contribution < -0.4 is 10.6 Å². The summed E-state index contributed by atoms with van der Waals surface area (Å²) in [5, 5.41) is 6.50. The Labute approximate surface area is 136 Å². The molecule has 0 aliphatic heterocycles. The van der Waals surface area contributed by atoms with Crippen LogP contribution in [-0.4, -0.2) is 24.4 Å². The van der Waals surface area contributed by atoms with Gasteiger partial charge in [0.05, 0.1) is 0 Å². The van der Waals surface area contributed by atoms with Crippen molar-refractivity contribution in [2.45, 2.75) is 45.6 Å². The van der Waals surface area contributed by atoms with E-state index < -0.39 is 5.41 Å². The highest BCUT2D eigenvalue weighted by atomic mass is 35.5. The molecule has 0 aromatic heterocycles. The van der Waals surface area contributed by atoms with E-state index in [4.69, 9.17) is 11.6 Å². The lowest BCUT2D eigenvalue weighted by Gasteiger charge is -2.18. The van der Waals surface area contributed by atoms with Gasteiger partial charge in [-0.1, -0.05) is 30.7 Å². The van der Waals surface area contributed by atoms with Crippen LogP contribution in [0.25, 0.3) is 0 Å². The summed E-state index contributed by atoms with van der Waals surface area (Å²) in [6.45, 7) is 4.49. The molecular formula is C17H23ClN2O2. The molecule has 0 radical (unpaired) electrons. The second-order valence-electron chi connectivity index (χ2n) is 6.00. The maximum Gasteiger partial charge on any atom is 0.235 e. The third-order valence-corrected chi connectivity index (χ3v) is 4.47. The minimum atomic E-state index is -0.830. The van der Waals surface area contributed by atoms with Gasteiger partial charge in [0.25, 0.3) is 0 Å². The first-order chi connectivity index (χ1) is 10.5. The van der Waals surface area contributed by atoms with Crippen LogP contribution in [0.5, 0.6) is 0 Å². The number of benzene rings is 1. The molecule has 0 heterocycles. The molecule has 1 aromatic carbocycles. The first-order valence-corrected chi connectivity index (χ1v) is 8.19. The lowest BCUT2D eigenvalue weighted by Crippen LogP contribution is -2.46. The highest BCUT2D eigenvalue weighted by Crippen LogP contribution is 2.46. The number of hydrogen-bond acceptors (Lipinski definition) is 2. The normalized spacial score (nSPS) is 16.7. The number of amides is 2. The van der Waals surface area contributed by atoms with Crippen LogP contribution in [0.1, 0.15) is 38.7 Å². The Bertz CT molecular complexity index is 538. The summed E-state index contributed by atoms with van der Waals surface area (Å²) in [6.07, 6.45) is 2.87. The van der Waals surface area contributed by atoms with Crippen LogP contribution >= 0.6 is 11.6 Å².